The number of aliphatic hydroxyl groups excluding tert-OH is 2. The molecule has 6 heteroatoms. The second-order valence-electron chi connectivity index (χ2n) is 17.5. The molecule has 6 nitrogen and oxygen atoms in total. The summed E-state index contributed by atoms with van der Waals surface area (Å²) in [6.45, 7) is 6.23. The Morgan fingerprint density at radius 1 is 0.469 bits per heavy atom. The Morgan fingerprint density at radius 2 is 0.859 bits per heavy atom. The summed E-state index contributed by atoms with van der Waals surface area (Å²) in [6, 6.07) is -0.731. The summed E-state index contributed by atoms with van der Waals surface area (Å²) in [5.41, 5.74) is 0. The third kappa shape index (κ3) is 45.4. The fraction of sp³-hybridized carbons (Fsp3) is 0.690. The van der Waals surface area contributed by atoms with Crippen LogP contribution in [0.3, 0.4) is 0 Å². The Bertz CT molecular complexity index is 1270. The molecule has 0 aliphatic carbocycles. The van der Waals surface area contributed by atoms with Crippen LogP contribution in [0.15, 0.2) is 97.2 Å². The van der Waals surface area contributed by atoms with Crippen molar-refractivity contribution in [1.29, 1.82) is 0 Å². The van der Waals surface area contributed by atoms with E-state index in [2.05, 4.69) is 123 Å². The number of esters is 1. The smallest absolute Gasteiger partial charge is 0.306 e. The van der Waals surface area contributed by atoms with Gasteiger partial charge >= 0.3 is 5.97 Å². The van der Waals surface area contributed by atoms with Crippen LogP contribution in [0.4, 0.5) is 0 Å². The summed E-state index contributed by atoms with van der Waals surface area (Å²) >= 11 is 0. The van der Waals surface area contributed by atoms with Crippen LogP contribution in [-0.2, 0) is 14.3 Å². The van der Waals surface area contributed by atoms with E-state index >= 15 is 0 Å². The molecule has 0 heterocycles. The largest absolute Gasteiger partial charge is 0.462 e. The molecule has 64 heavy (non-hydrogen) atoms. The zero-order valence-electron chi connectivity index (χ0n) is 41.6. The van der Waals surface area contributed by atoms with Gasteiger partial charge < -0.3 is 20.3 Å². The number of hydrogen-bond donors (Lipinski definition) is 3. The Kier molecular flexibility index (Phi) is 48.2. The molecule has 0 saturated heterocycles. The van der Waals surface area contributed by atoms with Crippen LogP contribution in [0.1, 0.15) is 233 Å². The maximum Gasteiger partial charge on any atom is 0.306 e. The van der Waals surface area contributed by atoms with Gasteiger partial charge in [-0.15, -0.1) is 0 Å². The quantitative estimate of drug-likeness (QED) is 0.0321. The summed E-state index contributed by atoms with van der Waals surface area (Å²) in [5.74, 6) is -0.571. The fourth-order valence-corrected chi connectivity index (χ4v) is 7.48. The van der Waals surface area contributed by atoms with E-state index in [1.54, 1.807) is 0 Å². The van der Waals surface area contributed by atoms with Gasteiger partial charge in [-0.25, -0.2) is 0 Å². The zero-order valence-corrected chi connectivity index (χ0v) is 41.6. The molecule has 0 saturated carbocycles. The highest BCUT2D eigenvalue weighted by Crippen LogP contribution is 2.17. The minimum Gasteiger partial charge on any atom is -0.462 e. The molecule has 0 radical (unpaired) electrons. The van der Waals surface area contributed by atoms with Crippen molar-refractivity contribution in [3.8, 4) is 0 Å². The van der Waals surface area contributed by atoms with Gasteiger partial charge in [-0.3, -0.25) is 9.59 Å². The van der Waals surface area contributed by atoms with Crippen molar-refractivity contribution in [2.24, 2.45) is 0 Å². The molecule has 0 aliphatic heterocycles. The number of nitrogens with one attached hydrogen (secondary N) is 1. The predicted molar refractivity (Wildman–Crippen MR) is 277 cm³/mol. The number of allylic oxidation sites excluding steroid dienone is 16. The first-order valence-electron chi connectivity index (χ1n) is 26.5. The molecular formula is C58H99NO5. The number of unbranched alkanes of at least 4 members (excludes halogenated alkanes) is 18. The van der Waals surface area contributed by atoms with Gasteiger partial charge in [-0.2, -0.15) is 0 Å². The van der Waals surface area contributed by atoms with E-state index < -0.39 is 18.2 Å². The number of aliphatic hydroxyl groups is 2. The normalized spacial score (nSPS) is 14.0. The first-order valence-corrected chi connectivity index (χ1v) is 26.5. The molecule has 0 aliphatic rings. The number of amides is 1. The van der Waals surface area contributed by atoms with Gasteiger partial charge in [0.1, 0.15) is 6.10 Å². The molecule has 0 bridgehead atoms. The van der Waals surface area contributed by atoms with Crippen LogP contribution in [-0.4, -0.2) is 46.9 Å². The van der Waals surface area contributed by atoms with Gasteiger partial charge in [0.25, 0.3) is 0 Å². The van der Waals surface area contributed by atoms with Crippen molar-refractivity contribution in [2.75, 3.05) is 6.61 Å². The van der Waals surface area contributed by atoms with Gasteiger partial charge in [0.05, 0.1) is 25.2 Å². The summed E-state index contributed by atoms with van der Waals surface area (Å²) in [7, 11) is 0. The van der Waals surface area contributed by atoms with E-state index in [-0.39, 0.29) is 24.9 Å². The maximum atomic E-state index is 13.2. The Labute approximate surface area is 395 Å². The second-order valence-corrected chi connectivity index (χ2v) is 17.5. The van der Waals surface area contributed by atoms with Gasteiger partial charge in [-0.1, -0.05) is 221 Å². The lowest BCUT2D eigenvalue weighted by Gasteiger charge is -2.24. The van der Waals surface area contributed by atoms with Crippen molar-refractivity contribution >= 4 is 11.9 Å². The Morgan fingerprint density at radius 3 is 1.30 bits per heavy atom. The average molecular weight is 890 g/mol. The average Bonchev–Trinajstić information content (AvgIpc) is 3.29. The third-order valence-corrected chi connectivity index (χ3v) is 11.4. The molecule has 0 aromatic heterocycles. The lowest BCUT2D eigenvalue weighted by atomic mass is 10.0. The highest BCUT2D eigenvalue weighted by molar-refractivity contribution is 5.77. The lowest BCUT2D eigenvalue weighted by Crippen LogP contribution is -2.46. The van der Waals surface area contributed by atoms with E-state index in [4.69, 9.17) is 4.74 Å². The highest BCUT2D eigenvalue weighted by atomic mass is 16.5. The van der Waals surface area contributed by atoms with Crippen LogP contribution >= 0.6 is 0 Å². The first kappa shape index (κ1) is 60.8. The van der Waals surface area contributed by atoms with Crippen molar-refractivity contribution < 1.29 is 24.5 Å². The topological polar surface area (TPSA) is 95.9 Å². The van der Waals surface area contributed by atoms with Crippen LogP contribution in [0, 0.1) is 0 Å². The first-order chi connectivity index (χ1) is 31.5. The number of hydrogen-bond acceptors (Lipinski definition) is 5. The van der Waals surface area contributed by atoms with Gasteiger partial charge in [0, 0.05) is 6.42 Å². The van der Waals surface area contributed by atoms with Gasteiger partial charge in [0.15, 0.2) is 0 Å². The third-order valence-electron chi connectivity index (χ3n) is 11.4. The summed E-state index contributed by atoms with van der Waals surface area (Å²) < 4.78 is 5.89. The maximum absolute atomic E-state index is 13.2. The predicted octanol–water partition coefficient (Wildman–Crippen LogP) is 16.1. The van der Waals surface area contributed by atoms with Gasteiger partial charge in [-0.05, 0) is 96.3 Å². The van der Waals surface area contributed by atoms with Crippen LogP contribution < -0.4 is 5.32 Å². The second kappa shape index (κ2) is 50.8. The molecule has 0 rings (SSSR count). The lowest BCUT2D eigenvalue weighted by molar-refractivity contribution is -0.151. The molecule has 0 spiro atoms. The van der Waals surface area contributed by atoms with E-state index in [1.807, 2.05) is 0 Å². The van der Waals surface area contributed by atoms with E-state index in [9.17, 15) is 19.8 Å². The molecule has 1 amide bonds. The molecule has 3 N–H and O–H groups in total. The van der Waals surface area contributed by atoms with Gasteiger partial charge in [0.2, 0.25) is 5.91 Å². The highest BCUT2D eigenvalue weighted by Gasteiger charge is 2.24. The van der Waals surface area contributed by atoms with E-state index in [0.717, 1.165) is 109 Å². The van der Waals surface area contributed by atoms with E-state index in [0.29, 0.717) is 19.3 Å². The van der Waals surface area contributed by atoms with Crippen molar-refractivity contribution in [2.45, 2.75) is 251 Å². The molecule has 0 fully saturated rings. The SMILES string of the molecule is CC/C=C/C/C=C/C/C=C/C/C=C/CCCCCC(=O)OC(CCC/C=C/C/C=C/C/C=C/C/C=C/CC)CC(=O)NC(CO)C(O)CCCCCCCCCCCCCCCCC. The number of carbonyl (C=O) groups excluding carboxylic acids is 2. The standard InChI is InChI=1S/C58H99NO5/c1-4-7-10-13-16-19-22-25-28-30-33-36-39-42-45-48-51-58(63)64-54(49-46-43-40-37-34-31-27-24-21-18-15-12-9-6-3)52-57(62)59-55(53-60)56(61)50-47-44-41-38-35-32-29-26-23-20-17-14-11-8-5-2/h7,9-10,12,16,18-19,21,25,27-28,31,33,36-37,40,54-56,60-61H,4-6,8,11,13-15,17,20,22-24,26,29-30,32,34-35,38-39,41-53H2,1-3H3,(H,59,62)/b10-7+,12-9+,19-16+,21-18+,28-25+,31-27+,36-33+,40-37+. The molecule has 366 valence electrons. The minimum absolute atomic E-state index is 0.0218. The molecule has 3 atom stereocenters. The monoisotopic (exact) mass is 890 g/mol. The fourth-order valence-electron chi connectivity index (χ4n) is 7.48. The molecule has 0 aromatic carbocycles. The Hall–Kier alpha value is -3.22. The summed E-state index contributed by atoms with van der Waals surface area (Å²) in [5, 5.41) is 23.8. The summed E-state index contributed by atoms with van der Waals surface area (Å²) in [6.07, 6.45) is 67.6. The minimum atomic E-state index is -0.813. The molecule has 3 unspecified atom stereocenters. The van der Waals surface area contributed by atoms with Crippen molar-refractivity contribution in [1.82, 2.24) is 5.32 Å². The number of ether oxygens (including phenoxy) is 1. The molecular weight excluding hydrogens is 791 g/mol. The molecule has 0 aromatic rings. The van der Waals surface area contributed by atoms with Crippen LogP contribution in [0.5, 0.6) is 0 Å². The van der Waals surface area contributed by atoms with Crippen molar-refractivity contribution in [3.63, 3.8) is 0 Å². The number of carbonyl (C=O) groups is 2. The van der Waals surface area contributed by atoms with Crippen LogP contribution in [0.2, 0.25) is 0 Å². The zero-order chi connectivity index (χ0) is 46.7. The van der Waals surface area contributed by atoms with Crippen LogP contribution in [0.25, 0.3) is 0 Å². The van der Waals surface area contributed by atoms with E-state index in [1.165, 1.54) is 77.0 Å². The Balaban J connectivity index is 4.70. The number of rotatable bonds is 46. The van der Waals surface area contributed by atoms with Crippen molar-refractivity contribution in [3.05, 3.63) is 97.2 Å². The summed E-state index contributed by atoms with van der Waals surface area (Å²) in [4.78, 5) is 26.2.